The summed E-state index contributed by atoms with van der Waals surface area (Å²) in [6, 6.07) is 5.28. The fourth-order valence-electron chi connectivity index (χ4n) is 8.30. The number of rotatable bonds is 10. The van der Waals surface area contributed by atoms with Crippen LogP contribution in [0.4, 0.5) is 8.78 Å². The lowest BCUT2D eigenvalue weighted by Crippen LogP contribution is -2.48. The summed E-state index contributed by atoms with van der Waals surface area (Å²) in [6.07, 6.45) is 2.78. The van der Waals surface area contributed by atoms with E-state index >= 15 is 0 Å². The molecule has 0 unspecified atom stereocenters. The van der Waals surface area contributed by atoms with E-state index in [1.807, 2.05) is 19.1 Å². The van der Waals surface area contributed by atoms with Gasteiger partial charge in [0.25, 0.3) is 6.43 Å². The Morgan fingerprint density at radius 1 is 1.12 bits per heavy atom. The molecule has 1 aromatic carbocycles. The number of alkyl halides is 2. The highest BCUT2D eigenvalue weighted by atomic mass is 35.5. The Kier molecular flexibility index (Phi) is 12.6. The summed E-state index contributed by atoms with van der Waals surface area (Å²) in [4.78, 5) is 62.7. The first-order valence-electron chi connectivity index (χ1n) is 20.1. The Bertz CT molecular complexity index is 2070. The van der Waals surface area contributed by atoms with Crippen LogP contribution < -0.4 is 14.2 Å². The summed E-state index contributed by atoms with van der Waals surface area (Å²) < 4.78 is 71.4. The number of Topliss-reactive ketones (excluding diaryl/α,β-unsaturated/α-hetero) is 1. The van der Waals surface area contributed by atoms with E-state index in [4.69, 9.17) is 25.8 Å². The molecule has 0 spiro atoms. The van der Waals surface area contributed by atoms with Gasteiger partial charge in [-0.15, -0.1) is 0 Å². The third-order valence-electron chi connectivity index (χ3n) is 12.0. The lowest BCUT2D eigenvalue weighted by Gasteiger charge is -2.32. The van der Waals surface area contributed by atoms with E-state index in [1.165, 1.54) is 11.0 Å². The number of amides is 2. The molecule has 2 aliphatic heterocycles. The summed E-state index contributed by atoms with van der Waals surface area (Å²) in [5, 5.41) is 1.16. The Balaban J connectivity index is 1.37. The number of benzene rings is 1. The Hall–Kier alpha value is -3.85. The molecule has 2 aromatic rings. The van der Waals surface area contributed by atoms with Crippen molar-refractivity contribution in [2.75, 3.05) is 13.2 Å². The van der Waals surface area contributed by atoms with Gasteiger partial charge < -0.3 is 19.1 Å². The fraction of sp³-hybridized carbons (Fsp3) is 0.643. The number of esters is 1. The van der Waals surface area contributed by atoms with Crippen LogP contribution in [-0.4, -0.2) is 83.9 Å². The van der Waals surface area contributed by atoms with Crippen molar-refractivity contribution >= 4 is 56.0 Å². The van der Waals surface area contributed by atoms with E-state index in [-0.39, 0.29) is 55.8 Å². The van der Waals surface area contributed by atoms with E-state index in [1.54, 1.807) is 45.9 Å². The van der Waals surface area contributed by atoms with Gasteiger partial charge in [0, 0.05) is 34.7 Å². The molecule has 0 bridgehead atoms. The van der Waals surface area contributed by atoms with Crippen LogP contribution in [0.25, 0.3) is 10.8 Å². The summed E-state index contributed by atoms with van der Waals surface area (Å²) in [7, 11) is -4.01. The number of halogens is 3. The average molecular weight is 850 g/mol. The van der Waals surface area contributed by atoms with E-state index in [9.17, 15) is 36.4 Å². The van der Waals surface area contributed by atoms with Gasteiger partial charge in [0.1, 0.15) is 11.7 Å². The van der Waals surface area contributed by atoms with Gasteiger partial charge in [0.05, 0.1) is 35.1 Å². The molecule has 0 radical (unpaired) electrons. The van der Waals surface area contributed by atoms with Gasteiger partial charge in [0.15, 0.2) is 12.4 Å². The maximum atomic E-state index is 14.9. The SMILES string of the molecule is C[C@@H]1CC/C=C\[C@@H]2C[C@@]2(C(=O)NS(=O)(=O)C2(C)CC2)CC(=O)[C@@H]2C[C@@H](Oc3nc(OCC(F)F)cc4c(Cl)cccc34)CN2C(=O)[C@@H](CC(=O)OC(C)(C)C)[C@H](C)C1. The lowest BCUT2D eigenvalue weighted by atomic mass is 9.82. The number of nitrogens with zero attached hydrogens (tertiary/aromatic N) is 2. The quantitative estimate of drug-likeness (QED) is 0.191. The number of ketones is 1. The number of aromatic nitrogens is 1. The maximum absolute atomic E-state index is 14.9. The number of carbonyl (C=O) groups excluding carboxylic acids is 4. The zero-order chi connectivity index (χ0) is 42.4. The van der Waals surface area contributed by atoms with Crippen molar-refractivity contribution < 1.29 is 50.6 Å². The van der Waals surface area contributed by atoms with Crippen molar-refractivity contribution in [2.24, 2.45) is 29.1 Å². The van der Waals surface area contributed by atoms with Crippen LogP contribution in [0.15, 0.2) is 36.4 Å². The molecule has 1 N–H and O–H groups in total. The largest absolute Gasteiger partial charge is 0.472 e. The first-order chi connectivity index (χ1) is 27.1. The smallest absolute Gasteiger partial charge is 0.307 e. The van der Waals surface area contributed by atoms with Gasteiger partial charge in [-0.2, -0.15) is 4.98 Å². The number of fused-ring (bicyclic) bond motifs is 3. The van der Waals surface area contributed by atoms with Crippen molar-refractivity contribution in [2.45, 2.75) is 128 Å². The minimum Gasteiger partial charge on any atom is -0.472 e. The van der Waals surface area contributed by atoms with Gasteiger partial charge in [-0.1, -0.05) is 43.7 Å². The van der Waals surface area contributed by atoms with Gasteiger partial charge in [-0.05, 0) is 96.1 Å². The fourth-order valence-corrected chi connectivity index (χ4v) is 9.87. The molecule has 2 saturated carbocycles. The highest BCUT2D eigenvalue weighted by Crippen LogP contribution is 2.58. The van der Waals surface area contributed by atoms with Crippen molar-refractivity contribution in [1.82, 2.24) is 14.6 Å². The first kappa shape index (κ1) is 43.7. The predicted octanol–water partition coefficient (Wildman–Crippen LogP) is 7.20. The van der Waals surface area contributed by atoms with Crippen LogP contribution in [0.1, 0.15) is 99.3 Å². The Morgan fingerprint density at radius 3 is 2.52 bits per heavy atom. The molecule has 58 heavy (non-hydrogen) atoms. The number of ether oxygens (including phenoxy) is 3. The number of nitrogens with one attached hydrogen (secondary N) is 1. The first-order valence-corrected chi connectivity index (χ1v) is 21.9. The Morgan fingerprint density at radius 2 is 1.84 bits per heavy atom. The van der Waals surface area contributed by atoms with Crippen molar-refractivity contribution in [3.8, 4) is 11.8 Å². The van der Waals surface area contributed by atoms with Gasteiger partial charge >= 0.3 is 5.97 Å². The molecule has 3 heterocycles. The molecule has 2 amide bonds. The van der Waals surface area contributed by atoms with Crippen molar-refractivity contribution in [3.05, 3.63) is 41.4 Å². The third-order valence-corrected chi connectivity index (χ3v) is 14.5. The molecule has 2 aliphatic carbocycles. The van der Waals surface area contributed by atoms with E-state index in [2.05, 4.69) is 16.6 Å². The molecule has 4 aliphatic rings. The lowest BCUT2D eigenvalue weighted by molar-refractivity contribution is -0.160. The van der Waals surface area contributed by atoms with Gasteiger partial charge in [-0.25, -0.2) is 17.2 Å². The molecule has 3 fully saturated rings. The standard InChI is InChI=1S/C42H54ClF2N3O9S/c1-24-10-7-8-11-26-20-42(26,39(52)47-58(53,54)41(6)14-15-41)21-33(49)32-17-27(22-48(32)38(51)29(25(2)16-24)19-36(50)57-40(3,4)5)56-37-28-12-9-13-31(43)30(28)18-35(46-37)55-23-34(44)45/h8-9,11-13,18,24-27,29,32,34H,7,10,14-17,19-23H2,1-6H3,(H,47,52)/b11-8-/t24-,25-,26-,27-,29+,32+,42-/m1/s1. The number of pyridine rings is 1. The molecule has 7 atom stereocenters. The molecule has 6 rings (SSSR count). The zero-order valence-electron chi connectivity index (χ0n) is 33.9. The van der Waals surface area contributed by atoms with Crippen molar-refractivity contribution in [3.63, 3.8) is 0 Å². The van der Waals surface area contributed by atoms with Gasteiger partial charge in [-0.3, -0.25) is 23.9 Å². The van der Waals surface area contributed by atoms with Crippen LogP contribution in [0.5, 0.6) is 11.8 Å². The number of carbonyl (C=O) groups is 4. The highest BCUT2D eigenvalue weighted by molar-refractivity contribution is 7.91. The second-order valence-electron chi connectivity index (χ2n) is 18.0. The highest BCUT2D eigenvalue weighted by Gasteiger charge is 2.62. The molecule has 1 saturated heterocycles. The van der Waals surface area contributed by atoms with Crippen molar-refractivity contribution in [1.29, 1.82) is 0 Å². The number of sulfonamides is 1. The summed E-state index contributed by atoms with van der Waals surface area (Å²) >= 11 is 6.49. The summed E-state index contributed by atoms with van der Waals surface area (Å²) in [5.41, 5.74) is -2.15. The van der Waals surface area contributed by atoms with E-state index < -0.39 is 86.4 Å². The predicted molar refractivity (Wildman–Crippen MR) is 213 cm³/mol. The molecule has 16 heteroatoms. The minimum atomic E-state index is -4.01. The minimum absolute atomic E-state index is 0.00794. The summed E-state index contributed by atoms with van der Waals surface area (Å²) in [5.74, 6) is -3.79. The average Bonchev–Trinajstić information content (AvgIpc) is 4.00. The summed E-state index contributed by atoms with van der Waals surface area (Å²) in [6.45, 7) is 9.76. The van der Waals surface area contributed by atoms with Crippen LogP contribution in [0.3, 0.4) is 0 Å². The van der Waals surface area contributed by atoms with Crippen LogP contribution >= 0.6 is 11.6 Å². The monoisotopic (exact) mass is 849 g/mol. The van der Waals surface area contributed by atoms with Crippen LogP contribution in [0.2, 0.25) is 5.02 Å². The third kappa shape index (κ3) is 9.77. The molecular formula is C42H54ClF2N3O9S. The number of allylic oxidation sites excluding steroid dienone is 2. The molecular weight excluding hydrogens is 796 g/mol. The van der Waals surface area contributed by atoms with Crippen LogP contribution in [-0.2, 0) is 33.9 Å². The zero-order valence-corrected chi connectivity index (χ0v) is 35.5. The topological polar surface area (TPSA) is 158 Å². The molecule has 12 nitrogen and oxygen atoms in total. The molecule has 1 aromatic heterocycles. The Labute approximate surface area is 343 Å². The van der Waals surface area contributed by atoms with Gasteiger partial charge in [0.2, 0.25) is 33.6 Å². The number of hydrogen-bond donors (Lipinski definition) is 1. The van der Waals surface area contributed by atoms with E-state index in [0.717, 1.165) is 6.42 Å². The van der Waals surface area contributed by atoms with E-state index in [0.29, 0.717) is 41.5 Å². The number of hydrogen-bond acceptors (Lipinski definition) is 10. The second-order valence-corrected chi connectivity index (χ2v) is 20.6. The normalized spacial score (nSPS) is 29.4. The molecule has 318 valence electrons. The maximum Gasteiger partial charge on any atom is 0.307 e. The van der Waals surface area contributed by atoms with Crippen LogP contribution in [0, 0.1) is 29.1 Å². The second kappa shape index (κ2) is 16.7.